The Morgan fingerprint density at radius 3 is 2.22 bits per heavy atom. The van der Waals surface area contributed by atoms with Crippen molar-refractivity contribution in [2.45, 2.75) is 6.42 Å². The fourth-order valence-electron chi connectivity index (χ4n) is 3.92. The van der Waals surface area contributed by atoms with E-state index in [4.69, 9.17) is 9.47 Å². The molecular weight excluding hydrogens is 404 g/mol. The summed E-state index contributed by atoms with van der Waals surface area (Å²) >= 11 is 0. The summed E-state index contributed by atoms with van der Waals surface area (Å²) in [7, 11) is 0. The van der Waals surface area contributed by atoms with E-state index in [1.165, 1.54) is 4.90 Å². The van der Waals surface area contributed by atoms with Crippen LogP contribution < -0.4 is 14.8 Å². The predicted octanol–water partition coefficient (Wildman–Crippen LogP) is 3.89. The number of hydrogen-bond donors (Lipinski definition) is 1. The average molecular weight is 426 g/mol. The third-order valence-electron chi connectivity index (χ3n) is 5.51. The van der Waals surface area contributed by atoms with Crippen LogP contribution in [-0.2, 0) is 16.0 Å². The monoisotopic (exact) mass is 426 g/mol. The molecule has 0 fully saturated rings. The molecule has 3 aromatic rings. The van der Waals surface area contributed by atoms with Gasteiger partial charge in [-0.2, -0.15) is 0 Å². The molecule has 2 amide bonds. The first kappa shape index (κ1) is 19.9. The molecule has 1 N–H and O–H groups in total. The van der Waals surface area contributed by atoms with Crippen LogP contribution in [0.1, 0.15) is 11.1 Å². The molecule has 0 saturated carbocycles. The van der Waals surface area contributed by atoms with E-state index >= 15 is 0 Å². The first-order chi connectivity index (χ1) is 15.7. The van der Waals surface area contributed by atoms with Crippen molar-refractivity contribution >= 4 is 23.1 Å². The highest BCUT2D eigenvalue weighted by Gasteiger charge is 2.39. The zero-order valence-electron chi connectivity index (χ0n) is 17.4. The van der Waals surface area contributed by atoms with Gasteiger partial charge >= 0.3 is 0 Å². The second-order valence-electron chi connectivity index (χ2n) is 7.60. The summed E-state index contributed by atoms with van der Waals surface area (Å²) in [6.45, 7) is 1.29. The molecule has 0 aliphatic carbocycles. The number of hydrogen-bond acceptors (Lipinski definition) is 5. The van der Waals surface area contributed by atoms with E-state index in [1.807, 2.05) is 66.7 Å². The molecule has 2 aliphatic rings. The largest absolute Gasteiger partial charge is 0.486 e. The predicted molar refractivity (Wildman–Crippen MR) is 121 cm³/mol. The molecular formula is C26H22N2O4. The van der Waals surface area contributed by atoms with E-state index in [0.717, 1.165) is 5.56 Å². The van der Waals surface area contributed by atoms with Gasteiger partial charge in [0, 0.05) is 18.3 Å². The van der Waals surface area contributed by atoms with E-state index in [9.17, 15) is 9.59 Å². The van der Waals surface area contributed by atoms with Crippen molar-refractivity contribution in [3.63, 3.8) is 0 Å². The number of imide groups is 1. The number of anilines is 1. The number of benzene rings is 3. The molecule has 5 rings (SSSR count). The van der Waals surface area contributed by atoms with Gasteiger partial charge in [0.2, 0.25) is 0 Å². The summed E-state index contributed by atoms with van der Waals surface area (Å²) in [5.41, 5.74) is 3.07. The highest BCUT2D eigenvalue weighted by molar-refractivity contribution is 6.36. The van der Waals surface area contributed by atoms with Crippen LogP contribution in [-0.4, -0.2) is 36.5 Å². The summed E-state index contributed by atoms with van der Waals surface area (Å²) in [5, 5.41) is 3.18. The van der Waals surface area contributed by atoms with Crippen LogP contribution in [0.5, 0.6) is 11.5 Å². The Balaban J connectivity index is 1.46. The summed E-state index contributed by atoms with van der Waals surface area (Å²) in [4.78, 5) is 28.0. The standard InChI is InChI=1S/C26H22N2O4/c29-25-23(19-9-5-2-6-10-19)24(26(30)28(25)14-13-18-7-3-1-4-8-18)27-20-11-12-21-22(17-20)32-16-15-31-21/h1-12,17,27H,13-16H2. The Kier molecular flexibility index (Phi) is 5.34. The van der Waals surface area contributed by atoms with Crippen LogP contribution in [0.15, 0.2) is 84.6 Å². The summed E-state index contributed by atoms with van der Waals surface area (Å²) in [6, 6.07) is 24.5. The van der Waals surface area contributed by atoms with Gasteiger partial charge in [-0.05, 0) is 29.7 Å². The first-order valence-corrected chi connectivity index (χ1v) is 10.6. The van der Waals surface area contributed by atoms with Crippen molar-refractivity contribution in [3.05, 3.63) is 95.7 Å². The van der Waals surface area contributed by atoms with Gasteiger partial charge < -0.3 is 14.8 Å². The lowest BCUT2D eigenvalue weighted by molar-refractivity contribution is -0.136. The number of nitrogens with zero attached hydrogens (tertiary/aromatic N) is 1. The van der Waals surface area contributed by atoms with E-state index in [-0.39, 0.29) is 17.5 Å². The molecule has 0 aromatic heterocycles. The van der Waals surface area contributed by atoms with Crippen LogP contribution >= 0.6 is 0 Å². The lowest BCUT2D eigenvalue weighted by Crippen LogP contribution is -2.34. The fraction of sp³-hybridized carbons (Fsp3) is 0.154. The van der Waals surface area contributed by atoms with E-state index in [1.54, 1.807) is 12.1 Å². The maximum Gasteiger partial charge on any atom is 0.278 e. The second kappa shape index (κ2) is 8.59. The number of carbonyl (C=O) groups excluding carboxylic acids is 2. The van der Waals surface area contributed by atoms with E-state index in [0.29, 0.717) is 54.5 Å². The van der Waals surface area contributed by atoms with Crippen molar-refractivity contribution in [1.82, 2.24) is 4.90 Å². The minimum Gasteiger partial charge on any atom is -0.486 e. The third kappa shape index (κ3) is 3.83. The van der Waals surface area contributed by atoms with Crippen LogP contribution in [0.2, 0.25) is 0 Å². The number of fused-ring (bicyclic) bond motifs is 1. The molecule has 3 aromatic carbocycles. The van der Waals surface area contributed by atoms with Gasteiger partial charge in [-0.15, -0.1) is 0 Å². The molecule has 0 atom stereocenters. The van der Waals surface area contributed by atoms with E-state index in [2.05, 4.69) is 5.32 Å². The molecule has 0 spiro atoms. The lowest BCUT2D eigenvalue weighted by Gasteiger charge is -2.19. The topological polar surface area (TPSA) is 67.9 Å². The van der Waals surface area contributed by atoms with Crippen LogP contribution in [0.3, 0.4) is 0 Å². The van der Waals surface area contributed by atoms with Gasteiger partial charge in [-0.1, -0.05) is 60.7 Å². The quantitative estimate of drug-likeness (QED) is 0.606. The third-order valence-corrected chi connectivity index (χ3v) is 5.51. The zero-order chi connectivity index (χ0) is 21.9. The van der Waals surface area contributed by atoms with Crippen molar-refractivity contribution in [1.29, 1.82) is 0 Å². The Hall–Kier alpha value is -4.06. The number of ether oxygens (including phenoxy) is 2. The Morgan fingerprint density at radius 1 is 0.781 bits per heavy atom. The van der Waals surface area contributed by atoms with Gasteiger partial charge in [0.25, 0.3) is 11.8 Å². The Morgan fingerprint density at radius 2 is 1.47 bits per heavy atom. The molecule has 0 unspecified atom stereocenters. The molecule has 0 radical (unpaired) electrons. The number of rotatable bonds is 6. The van der Waals surface area contributed by atoms with Gasteiger partial charge in [0.15, 0.2) is 11.5 Å². The number of carbonyl (C=O) groups is 2. The maximum atomic E-state index is 13.3. The second-order valence-corrected chi connectivity index (χ2v) is 7.60. The van der Waals surface area contributed by atoms with Crippen molar-refractivity contribution < 1.29 is 19.1 Å². The average Bonchev–Trinajstić information content (AvgIpc) is 3.07. The van der Waals surface area contributed by atoms with Gasteiger partial charge in [0.05, 0.1) is 5.57 Å². The van der Waals surface area contributed by atoms with Gasteiger partial charge in [-0.25, -0.2) is 0 Å². The molecule has 160 valence electrons. The Bertz CT molecular complexity index is 1190. The first-order valence-electron chi connectivity index (χ1n) is 10.6. The number of amides is 2. The number of nitrogens with one attached hydrogen (secondary N) is 1. The maximum absolute atomic E-state index is 13.3. The van der Waals surface area contributed by atoms with Crippen LogP contribution in [0, 0.1) is 0 Å². The molecule has 2 heterocycles. The fourth-order valence-corrected chi connectivity index (χ4v) is 3.92. The summed E-state index contributed by atoms with van der Waals surface area (Å²) in [6.07, 6.45) is 0.595. The van der Waals surface area contributed by atoms with Crippen LogP contribution in [0.25, 0.3) is 5.57 Å². The Labute approximate surface area is 186 Å². The molecule has 6 nitrogen and oxygen atoms in total. The summed E-state index contributed by atoms with van der Waals surface area (Å²) in [5.74, 6) is 0.648. The van der Waals surface area contributed by atoms with Crippen LogP contribution in [0.4, 0.5) is 5.69 Å². The SMILES string of the molecule is O=C1C(Nc2ccc3c(c2)OCCO3)=C(c2ccccc2)C(=O)N1CCc1ccccc1. The molecule has 6 heteroatoms. The van der Waals surface area contributed by atoms with Crippen molar-refractivity contribution in [3.8, 4) is 11.5 Å². The minimum atomic E-state index is -0.334. The highest BCUT2D eigenvalue weighted by atomic mass is 16.6. The smallest absolute Gasteiger partial charge is 0.278 e. The van der Waals surface area contributed by atoms with E-state index < -0.39 is 0 Å². The normalized spacial score (nSPS) is 15.3. The molecule has 0 bridgehead atoms. The summed E-state index contributed by atoms with van der Waals surface area (Å²) < 4.78 is 11.2. The van der Waals surface area contributed by atoms with Crippen molar-refractivity contribution in [2.75, 3.05) is 25.1 Å². The van der Waals surface area contributed by atoms with Gasteiger partial charge in [-0.3, -0.25) is 14.5 Å². The lowest BCUT2D eigenvalue weighted by atomic mass is 10.0. The zero-order valence-corrected chi connectivity index (χ0v) is 17.4. The van der Waals surface area contributed by atoms with Crippen molar-refractivity contribution in [2.24, 2.45) is 0 Å². The molecule has 0 saturated heterocycles. The minimum absolute atomic E-state index is 0.269. The molecule has 32 heavy (non-hydrogen) atoms. The van der Waals surface area contributed by atoms with Gasteiger partial charge in [0.1, 0.15) is 18.9 Å². The molecule has 2 aliphatic heterocycles. The highest BCUT2D eigenvalue weighted by Crippen LogP contribution is 2.35.